The van der Waals surface area contributed by atoms with Crippen LogP contribution in [0.5, 0.6) is 0 Å². The predicted molar refractivity (Wildman–Crippen MR) is 72.1 cm³/mol. The molecule has 2 heteroatoms. The van der Waals surface area contributed by atoms with Crippen molar-refractivity contribution in [3.63, 3.8) is 0 Å². The summed E-state index contributed by atoms with van der Waals surface area (Å²) in [5, 5.41) is 4.72. The normalized spacial score (nSPS) is 10.8. The first-order valence-electron chi connectivity index (χ1n) is 6.39. The summed E-state index contributed by atoms with van der Waals surface area (Å²) in [6, 6.07) is 10.7. The molecule has 17 heavy (non-hydrogen) atoms. The van der Waals surface area contributed by atoms with Crippen LogP contribution in [0.1, 0.15) is 31.5 Å². The van der Waals surface area contributed by atoms with Crippen molar-refractivity contribution in [3.05, 3.63) is 41.6 Å². The molecule has 0 saturated heterocycles. The minimum absolute atomic E-state index is 1.01. The SMILES string of the molecule is CCCn1nc(-c2ccccc2C)cc1CC. The van der Waals surface area contributed by atoms with Gasteiger partial charge in [0.2, 0.25) is 0 Å². The van der Waals surface area contributed by atoms with Crippen LogP contribution < -0.4 is 0 Å². The van der Waals surface area contributed by atoms with Gasteiger partial charge in [0.1, 0.15) is 0 Å². The zero-order valence-electron chi connectivity index (χ0n) is 10.9. The van der Waals surface area contributed by atoms with Crippen LogP contribution >= 0.6 is 0 Å². The fourth-order valence-electron chi connectivity index (χ4n) is 2.14. The lowest BCUT2D eigenvalue weighted by atomic mass is 10.1. The minimum atomic E-state index is 1.01. The van der Waals surface area contributed by atoms with Crippen LogP contribution in [0.25, 0.3) is 11.3 Å². The summed E-state index contributed by atoms with van der Waals surface area (Å²) >= 11 is 0. The van der Waals surface area contributed by atoms with Crippen LogP contribution in [0.4, 0.5) is 0 Å². The molecule has 1 aromatic heterocycles. The molecule has 2 rings (SSSR count). The fourth-order valence-corrected chi connectivity index (χ4v) is 2.14. The van der Waals surface area contributed by atoms with Crippen molar-refractivity contribution in [2.24, 2.45) is 0 Å². The van der Waals surface area contributed by atoms with Crippen LogP contribution in [0.2, 0.25) is 0 Å². The highest BCUT2D eigenvalue weighted by Gasteiger charge is 2.09. The van der Waals surface area contributed by atoms with Gasteiger partial charge in [0.25, 0.3) is 0 Å². The standard InChI is InChI=1S/C15H20N2/c1-4-10-17-13(5-2)11-15(16-17)14-9-7-6-8-12(14)3/h6-9,11H,4-5,10H2,1-3H3. The summed E-state index contributed by atoms with van der Waals surface area (Å²) in [6.45, 7) is 7.52. The van der Waals surface area contributed by atoms with Gasteiger partial charge in [-0.25, -0.2) is 0 Å². The average molecular weight is 228 g/mol. The van der Waals surface area contributed by atoms with Gasteiger partial charge in [-0.2, -0.15) is 5.10 Å². The molecule has 0 saturated carbocycles. The van der Waals surface area contributed by atoms with Crippen molar-refractivity contribution in [2.45, 2.75) is 40.2 Å². The first kappa shape index (κ1) is 11.9. The summed E-state index contributed by atoms with van der Waals surface area (Å²) in [4.78, 5) is 0. The van der Waals surface area contributed by atoms with E-state index in [1.165, 1.54) is 16.8 Å². The molecule has 0 aliphatic rings. The highest BCUT2D eigenvalue weighted by Crippen LogP contribution is 2.23. The van der Waals surface area contributed by atoms with E-state index in [-0.39, 0.29) is 0 Å². The summed E-state index contributed by atoms with van der Waals surface area (Å²) in [5.41, 5.74) is 4.96. The van der Waals surface area contributed by atoms with E-state index in [9.17, 15) is 0 Å². The number of nitrogens with zero attached hydrogens (tertiary/aromatic N) is 2. The number of hydrogen-bond donors (Lipinski definition) is 0. The monoisotopic (exact) mass is 228 g/mol. The molecular formula is C15H20N2. The second-order valence-corrected chi connectivity index (χ2v) is 4.41. The van der Waals surface area contributed by atoms with Gasteiger partial charge in [-0.15, -0.1) is 0 Å². The van der Waals surface area contributed by atoms with Crippen molar-refractivity contribution in [1.29, 1.82) is 0 Å². The van der Waals surface area contributed by atoms with Gasteiger partial charge in [0.15, 0.2) is 0 Å². The molecule has 0 spiro atoms. The molecule has 0 N–H and O–H groups in total. The molecule has 1 aromatic carbocycles. The van der Waals surface area contributed by atoms with E-state index in [0.29, 0.717) is 0 Å². The van der Waals surface area contributed by atoms with Gasteiger partial charge in [0.05, 0.1) is 5.69 Å². The first-order valence-corrected chi connectivity index (χ1v) is 6.39. The molecule has 0 aliphatic heterocycles. The Morgan fingerprint density at radius 3 is 2.59 bits per heavy atom. The van der Waals surface area contributed by atoms with Gasteiger partial charge in [-0.3, -0.25) is 4.68 Å². The first-order chi connectivity index (χ1) is 8.26. The molecule has 0 radical (unpaired) electrons. The zero-order chi connectivity index (χ0) is 12.3. The van der Waals surface area contributed by atoms with E-state index in [2.05, 4.69) is 55.8 Å². The molecule has 0 unspecified atom stereocenters. The maximum Gasteiger partial charge on any atom is 0.0928 e. The number of aromatic nitrogens is 2. The lowest BCUT2D eigenvalue weighted by molar-refractivity contribution is 0.578. The quantitative estimate of drug-likeness (QED) is 0.777. The molecule has 0 bridgehead atoms. The second-order valence-electron chi connectivity index (χ2n) is 4.41. The Morgan fingerprint density at radius 2 is 1.94 bits per heavy atom. The Morgan fingerprint density at radius 1 is 1.18 bits per heavy atom. The van der Waals surface area contributed by atoms with Gasteiger partial charge in [-0.1, -0.05) is 38.1 Å². The molecule has 0 aliphatic carbocycles. The molecule has 90 valence electrons. The van der Waals surface area contributed by atoms with Crippen molar-refractivity contribution >= 4 is 0 Å². The topological polar surface area (TPSA) is 17.8 Å². The summed E-state index contributed by atoms with van der Waals surface area (Å²) in [6.07, 6.45) is 2.17. The Balaban J connectivity index is 2.43. The van der Waals surface area contributed by atoms with Crippen LogP contribution in [-0.4, -0.2) is 9.78 Å². The minimum Gasteiger partial charge on any atom is -0.269 e. The van der Waals surface area contributed by atoms with E-state index >= 15 is 0 Å². The van der Waals surface area contributed by atoms with Crippen LogP contribution in [-0.2, 0) is 13.0 Å². The van der Waals surface area contributed by atoms with E-state index in [1.807, 2.05) is 0 Å². The van der Waals surface area contributed by atoms with Gasteiger partial charge < -0.3 is 0 Å². The molecular weight excluding hydrogens is 208 g/mol. The van der Waals surface area contributed by atoms with Crippen molar-refractivity contribution in [1.82, 2.24) is 9.78 Å². The van der Waals surface area contributed by atoms with Crippen LogP contribution in [0.15, 0.2) is 30.3 Å². The summed E-state index contributed by atoms with van der Waals surface area (Å²) in [7, 11) is 0. The predicted octanol–water partition coefficient (Wildman–Crippen LogP) is 3.83. The maximum atomic E-state index is 4.72. The maximum absolute atomic E-state index is 4.72. The Labute approximate surface area is 103 Å². The van der Waals surface area contributed by atoms with E-state index in [0.717, 1.165) is 25.1 Å². The third-order valence-electron chi connectivity index (χ3n) is 3.08. The Kier molecular flexibility index (Phi) is 3.62. The van der Waals surface area contributed by atoms with E-state index in [1.54, 1.807) is 0 Å². The third kappa shape index (κ3) is 2.41. The van der Waals surface area contributed by atoms with Gasteiger partial charge >= 0.3 is 0 Å². The molecule has 2 aromatic rings. The zero-order valence-corrected chi connectivity index (χ0v) is 10.9. The lowest BCUT2D eigenvalue weighted by Gasteiger charge is -2.03. The number of hydrogen-bond acceptors (Lipinski definition) is 1. The number of benzene rings is 1. The van der Waals surface area contributed by atoms with Crippen molar-refractivity contribution in [3.8, 4) is 11.3 Å². The Bertz CT molecular complexity index is 497. The fraction of sp³-hybridized carbons (Fsp3) is 0.400. The summed E-state index contributed by atoms with van der Waals surface area (Å²) < 4.78 is 2.14. The van der Waals surface area contributed by atoms with Gasteiger partial charge in [0, 0.05) is 17.8 Å². The third-order valence-corrected chi connectivity index (χ3v) is 3.08. The van der Waals surface area contributed by atoms with Crippen molar-refractivity contribution < 1.29 is 0 Å². The number of aryl methyl sites for hydroxylation is 3. The average Bonchev–Trinajstić information content (AvgIpc) is 2.73. The van der Waals surface area contributed by atoms with Crippen LogP contribution in [0, 0.1) is 6.92 Å². The largest absolute Gasteiger partial charge is 0.269 e. The smallest absolute Gasteiger partial charge is 0.0928 e. The lowest BCUT2D eigenvalue weighted by Crippen LogP contribution is -2.03. The van der Waals surface area contributed by atoms with Gasteiger partial charge in [-0.05, 0) is 31.4 Å². The summed E-state index contributed by atoms with van der Waals surface area (Å²) in [5.74, 6) is 0. The Hall–Kier alpha value is -1.57. The van der Waals surface area contributed by atoms with Crippen LogP contribution in [0.3, 0.4) is 0 Å². The highest BCUT2D eigenvalue weighted by atomic mass is 15.3. The number of rotatable bonds is 4. The second kappa shape index (κ2) is 5.17. The molecule has 1 heterocycles. The van der Waals surface area contributed by atoms with E-state index in [4.69, 9.17) is 5.10 Å². The van der Waals surface area contributed by atoms with Crippen molar-refractivity contribution in [2.75, 3.05) is 0 Å². The highest BCUT2D eigenvalue weighted by molar-refractivity contribution is 5.63. The molecule has 2 nitrogen and oxygen atoms in total. The van der Waals surface area contributed by atoms with E-state index < -0.39 is 0 Å². The molecule has 0 atom stereocenters. The molecule has 0 amide bonds. The molecule has 0 fully saturated rings.